The molecule has 5 heteroatoms. The molecular weight excluding hydrogens is 295 g/mol. The number of halogens is 1. The van der Waals surface area contributed by atoms with Crippen molar-refractivity contribution < 1.29 is 9.59 Å². The lowest BCUT2D eigenvalue weighted by Gasteiger charge is -2.06. The maximum Gasteiger partial charge on any atom is 0.313 e. The highest BCUT2D eigenvalue weighted by Gasteiger charge is 2.09. The minimum atomic E-state index is -0.983. The van der Waals surface area contributed by atoms with Crippen molar-refractivity contribution in [2.75, 3.05) is 5.32 Å². The highest BCUT2D eigenvalue weighted by Crippen LogP contribution is 2.17. The second-order valence-corrected chi connectivity index (χ2v) is 4.02. The van der Waals surface area contributed by atoms with Gasteiger partial charge in [0.25, 0.3) is 0 Å². The van der Waals surface area contributed by atoms with E-state index in [1.807, 2.05) is 19.1 Å². The molecule has 1 aromatic rings. The predicted octanol–water partition coefficient (Wildman–Crippen LogP) is 1.02. The zero-order valence-electron chi connectivity index (χ0n) is 7.50. The summed E-state index contributed by atoms with van der Waals surface area (Å²) in [5, 5.41) is 2.43. The molecule has 14 heavy (non-hydrogen) atoms. The number of carbonyl (C=O) groups is 2. The number of aryl methyl sites for hydroxylation is 1. The minimum absolute atomic E-state index is 0.612. The van der Waals surface area contributed by atoms with E-state index in [0.29, 0.717) is 5.69 Å². The van der Waals surface area contributed by atoms with E-state index in [2.05, 4.69) is 27.9 Å². The fourth-order valence-electron chi connectivity index (χ4n) is 0.913. The molecule has 0 saturated carbocycles. The molecule has 0 radical (unpaired) electrons. The second-order valence-electron chi connectivity index (χ2n) is 2.78. The average molecular weight is 304 g/mol. The van der Waals surface area contributed by atoms with E-state index in [4.69, 9.17) is 5.73 Å². The first-order valence-corrected chi connectivity index (χ1v) is 4.95. The molecule has 0 aliphatic carbocycles. The molecule has 0 fully saturated rings. The van der Waals surface area contributed by atoms with Crippen molar-refractivity contribution in [2.24, 2.45) is 5.73 Å². The molecule has 0 unspecified atom stereocenters. The molecule has 1 rings (SSSR count). The number of anilines is 1. The van der Waals surface area contributed by atoms with E-state index < -0.39 is 11.8 Å². The van der Waals surface area contributed by atoms with Crippen molar-refractivity contribution in [3.8, 4) is 0 Å². The van der Waals surface area contributed by atoms with Gasteiger partial charge in [0.1, 0.15) is 0 Å². The number of hydrogen-bond donors (Lipinski definition) is 2. The Hall–Kier alpha value is -1.11. The third-order valence-corrected chi connectivity index (χ3v) is 2.34. The summed E-state index contributed by atoms with van der Waals surface area (Å²) in [6, 6.07) is 5.55. The standard InChI is InChI=1S/C9H9IN2O2/c1-5-2-3-6(10)4-7(5)12-9(14)8(11)13/h2-4H,1H3,(H2,11,13)(H,12,14). The highest BCUT2D eigenvalue weighted by molar-refractivity contribution is 14.1. The Morgan fingerprint density at radius 2 is 2.07 bits per heavy atom. The summed E-state index contributed by atoms with van der Waals surface area (Å²) in [5.41, 5.74) is 6.32. The summed E-state index contributed by atoms with van der Waals surface area (Å²) in [6.45, 7) is 1.84. The highest BCUT2D eigenvalue weighted by atomic mass is 127. The van der Waals surface area contributed by atoms with Crippen molar-refractivity contribution in [3.05, 3.63) is 27.3 Å². The smallest absolute Gasteiger partial charge is 0.313 e. The number of rotatable bonds is 1. The molecule has 0 spiro atoms. The van der Waals surface area contributed by atoms with E-state index in [-0.39, 0.29) is 0 Å². The lowest BCUT2D eigenvalue weighted by molar-refractivity contribution is -0.134. The second kappa shape index (κ2) is 4.41. The first-order valence-electron chi connectivity index (χ1n) is 3.87. The van der Waals surface area contributed by atoms with E-state index in [0.717, 1.165) is 9.13 Å². The van der Waals surface area contributed by atoms with Crippen LogP contribution in [0, 0.1) is 10.5 Å². The fourth-order valence-corrected chi connectivity index (χ4v) is 1.40. The van der Waals surface area contributed by atoms with Crippen LogP contribution in [0.2, 0.25) is 0 Å². The summed E-state index contributed by atoms with van der Waals surface area (Å²) >= 11 is 2.12. The Morgan fingerprint density at radius 3 is 2.64 bits per heavy atom. The number of hydrogen-bond acceptors (Lipinski definition) is 2. The molecule has 0 aliphatic rings. The lowest BCUT2D eigenvalue weighted by atomic mass is 10.2. The van der Waals surface area contributed by atoms with Crippen molar-refractivity contribution in [1.82, 2.24) is 0 Å². The topological polar surface area (TPSA) is 72.2 Å². The van der Waals surface area contributed by atoms with Crippen LogP contribution in [0.4, 0.5) is 5.69 Å². The normalized spacial score (nSPS) is 9.57. The molecule has 3 N–H and O–H groups in total. The van der Waals surface area contributed by atoms with Crippen molar-refractivity contribution in [1.29, 1.82) is 0 Å². The number of carbonyl (C=O) groups excluding carboxylic acids is 2. The summed E-state index contributed by atoms with van der Waals surface area (Å²) in [7, 11) is 0. The van der Waals surface area contributed by atoms with Gasteiger partial charge in [-0.3, -0.25) is 9.59 Å². The van der Waals surface area contributed by atoms with Gasteiger partial charge in [0.2, 0.25) is 0 Å². The van der Waals surface area contributed by atoms with Crippen LogP contribution < -0.4 is 11.1 Å². The van der Waals surface area contributed by atoms with Crippen molar-refractivity contribution in [3.63, 3.8) is 0 Å². The third-order valence-electron chi connectivity index (χ3n) is 1.67. The summed E-state index contributed by atoms with van der Waals surface area (Å²) in [5.74, 6) is -1.78. The predicted molar refractivity (Wildman–Crippen MR) is 61.7 cm³/mol. The van der Waals surface area contributed by atoms with Gasteiger partial charge in [0.05, 0.1) is 0 Å². The van der Waals surface area contributed by atoms with Gasteiger partial charge in [-0.2, -0.15) is 0 Å². The first-order chi connectivity index (χ1) is 6.50. The Kier molecular flexibility index (Phi) is 3.45. The molecule has 74 valence electrons. The third kappa shape index (κ3) is 2.69. The Labute approximate surface area is 95.0 Å². The molecule has 1 aromatic carbocycles. The fraction of sp³-hybridized carbons (Fsp3) is 0.111. The van der Waals surface area contributed by atoms with Crippen LogP contribution in [0.1, 0.15) is 5.56 Å². The average Bonchev–Trinajstić information content (AvgIpc) is 2.11. The molecule has 0 atom stereocenters. The molecule has 2 amide bonds. The SMILES string of the molecule is Cc1ccc(I)cc1NC(=O)C(N)=O. The van der Waals surface area contributed by atoms with Crippen LogP contribution in [0.3, 0.4) is 0 Å². The lowest BCUT2D eigenvalue weighted by Crippen LogP contribution is -2.29. The van der Waals surface area contributed by atoms with Crippen molar-refractivity contribution >= 4 is 40.1 Å². The Bertz CT molecular complexity index is 390. The molecule has 0 aromatic heterocycles. The first kappa shape index (κ1) is 11.0. The number of amides is 2. The Morgan fingerprint density at radius 1 is 1.43 bits per heavy atom. The van der Waals surface area contributed by atoms with Crippen LogP contribution >= 0.6 is 22.6 Å². The number of benzene rings is 1. The van der Waals surface area contributed by atoms with Gasteiger partial charge in [0, 0.05) is 9.26 Å². The van der Waals surface area contributed by atoms with Crippen LogP contribution in [-0.4, -0.2) is 11.8 Å². The van der Waals surface area contributed by atoms with Gasteiger partial charge in [0.15, 0.2) is 0 Å². The van der Waals surface area contributed by atoms with Gasteiger partial charge in [-0.15, -0.1) is 0 Å². The number of nitrogens with one attached hydrogen (secondary N) is 1. The van der Waals surface area contributed by atoms with E-state index in [9.17, 15) is 9.59 Å². The molecule has 0 saturated heterocycles. The molecule has 4 nitrogen and oxygen atoms in total. The molecule has 0 aliphatic heterocycles. The Balaban J connectivity index is 2.91. The maximum absolute atomic E-state index is 11.0. The molecule has 0 bridgehead atoms. The van der Waals surface area contributed by atoms with Gasteiger partial charge in [-0.25, -0.2) is 0 Å². The van der Waals surface area contributed by atoms with E-state index >= 15 is 0 Å². The van der Waals surface area contributed by atoms with Crippen LogP contribution in [0.15, 0.2) is 18.2 Å². The summed E-state index contributed by atoms with van der Waals surface area (Å²) in [4.78, 5) is 21.5. The molecule has 0 heterocycles. The minimum Gasteiger partial charge on any atom is -0.361 e. The van der Waals surface area contributed by atoms with Crippen LogP contribution in [0.5, 0.6) is 0 Å². The van der Waals surface area contributed by atoms with Crippen LogP contribution in [-0.2, 0) is 9.59 Å². The zero-order chi connectivity index (χ0) is 10.7. The maximum atomic E-state index is 11.0. The number of primary amides is 1. The van der Waals surface area contributed by atoms with Crippen LogP contribution in [0.25, 0.3) is 0 Å². The number of nitrogens with two attached hydrogens (primary N) is 1. The van der Waals surface area contributed by atoms with Gasteiger partial charge < -0.3 is 11.1 Å². The van der Waals surface area contributed by atoms with Crippen molar-refractivity contribution in [2.45, 2.75) is 6.92 Å². The monoisotopic (exact) mass is 304 g/mol. The molecular formula is C9H9IN2O2. The summed E-state index contributed by atoms with van der Waals surface area (Å²) in [6.07, 6.45) is 0. The quantitative estimate of drug-likeness (QED) is 0.601. The van der Waals surface area contributed by atoms with E-state index in [1.165, 1.54) is 0 Å². The van der Waals surface area contributed by atoms with E-state index in [1.54, 1.807) is 6.07 Å². The summed E-state index contributed by atoms with van der Waals surface area (Å²) < 4.78 is 0.980. The zero-order valence-corrected chi connectivity index (χ0v) is 9.66. The van der Waals surface area contributed by atoms with Gasteiger partial charge >= 0.3 is 11.8 Å². The largest absolute Gasteiger partial charge is 0.361 e. The van der Waals surface area contributed by atoms with Gasteiger partial charge in [-0.1, -0.05) is 6.07 Å². The van der Waals surface area contributed by atoms with Gasteiger partial charge in [-0.05, 0) is 47.2 Å².